The van der Waals surface area contributed by atoms with E-state index in [9.17, 15) is 13.2 Å². The molecule has 0 aliphatic carbocycles. The summed E-state index contributed by atoms with van der Waals surface area (Å²) < 4.78 is 25.2. The van der Waals surface area contributed by atoms with Crippen LogP contribution in [0.2, 0.25) is 0 Å². The number of nitrogens with one attached hydrogen (secondary N) is 1. The molecule has 3 rings (SSSR count). The summed E-state index contributed by atoms with van der Waals surface area (Å²) in [6.45, 7) is 0.526. The third-order valence-corrected chi connectivity index (χ3v) is 7.64. The minimum Gasteiger partial charge on any atom is -0.351 e. The van der Waals surface area contributed by atoms with Gasteiger partial charge in [-0.1, -0.05) is 24.3 Å². The summed E-state index contributed by atoms with van der Waals surface area (Å²) in [5.74, 6) is -0.244. The highest BCUT2D eigenvalue weighted by atomic mass is 32.2. The van der Waals surface area contributed by atoms with Crippen molar-refractivity contribution in [1.82, 2.24) is 5.32 Å². The maximum absolute atomic E-state index is 12.5. The lowest BCUT2D eigenvalue weighted by Crippen LogP contribution is -2.24. The first kappa shape index (κ1) is 16.9. The normalized spacial score (nSPS) is 11.3. The van der Waals surface area contributed by atoms with Gasteiger partial charge in [0.25, 0.3) is 5.91 Å². The summed E-state index contributed by atoms with van der Waals surface area (Å²) in [6.07, 6.45) is 0.768. The lowest BCUT2D eigenvalue weighted by atomic mass is 10.3. The Hall–Kier alpha value is -1.96. The first-order chi connectivity index (χ1) is 11.6. The van der Waals surface area contributed by atoms with Gasteiger partial charge >= 0.3 is 0 Å². The second-order valence-corrected chi connectivity index (χ2v) is 9.31. The first-order valence-corrected chi connectivity index (χ1v) is 10.5. The lowest BCUT2D eigenvalue weighted by molar-refractivity contribution is 0.0958. The fourth-order valence-electron chi connectivity index (χ4n) is 2.14. The molecule has 1 aromatic carbocycles. The third kappa shape index (κ3) is 3.75. The van der Waals surface area contributed by atoms with Crippen molar-refractivity contribution in [1.29, 1.82) is 0 Å². The number of sulfone groups is 1. The van der Waals surface area contributed by atoms with Crippen molar-refractivity contribution in [3.05, 3.63) is 69.7 Å². The van der Waals surface area contributed by atoms with Crippen molar-refractivity contribution >= 4 is 38.4 Å². The molecule has 4 nitrogen and oxygen atoms in total. The molecule has 2 aromatic heterocycles. The molecule has 7 heteroatoms. The molecule has 0 aliphatic heterocycles. The minimum atomic E-state index is -3.57. The highest BCUT2D eigenvalue weighted by molar-refractivity contribution is 7.93. The van der Waals surface area contributed by atoms with E-state index in [4.69, 9.17) is 0 Å². The molecular formula is C17H15NO3S3. The molecule has 0 fully saturated rings. The Balaban J connectivity index is 1.67. The van der Waals surface area contributed by atoms with E-state index >= 15 is 0 Å². The van der Waals surface area contributed by atoms with Crippen LogP contribution < -0.4 is 5.32 Å². The number of hydrogen-bond acceptors (Lipinski definition) is 5. The first-order valence-electron chi connectivity index (χ1n) is 7.28. The molecule has 0 atom stereocenters. The number of carbonyl (C=O) groups is 1. The van der Waals surface area contributed by atoms with E-state index in [1.807, 2.05) is 17.5 Å². The number of carbonyl (C=O) groups excluding carboxylic acids is 1. The van der Waals surface area contributed by atoms with E-state index in [-0.39, 0.29) is 15.0 Å². The van der Waals surface area contributed by atoms with Gasteiger partial charge in [-0.15, -0.1) is 22.7 Å². The Morgan fingerprint density at radius 2 is 1.79 bits per heavy atom. The minimum absolute atomic E-state index is 0.178. The molecule has 1 N–H and O–H groups in total. The molecule has 0 aliphatic rings. The van der Waals surface area contributed by atoms with Crippen LogP contribution in [0.4, 0.5) is 0 Å². The average Bonchev–Trinajstić information content (AvgIpc) is 3.27. The van der Waals surface area contributed by atoms with Crippen LogP contribution in [0, 0.1) is 0 Å². The SMILES string of the molecule is O=C(NCCc1cccs1)c1ccc(S(=O)(=O)c2ccccc2)s1. The van der Waals surface area contributed by atoms with Gasteiger partial charge in [0, 0.05) is 11.4 Å². The molecular weight excluding hydrogens is 362 g/mol. The number of hydrogen-bond donors (Lipinski definition) is 1. The van der Waals surface area contributed by atoms with Gasteiger partial charge in [-0.25, -0.2) is 8.42 Å². The zero-order chi connectivity index (χ0) is 17.0. The van der Waals surface area contributed by atoms with Gasteiger partial charge in [-0.3, -0.25) is 4.79 Å². The van der Waals surface area contributed by atoms with Gasteiger partial charge < -0.3 is 5.32 Å². The summed E-state index contributed by atoms with van der Waals surface area (Å²) >= 11 is 2.64. The van der Waals surface area contributed by atoms with Crippen LogP contribution in [0.15, 0.2) is 69.1 Å². The molecule has 0 saturated heterocycles. The summed E-state index contributed by atoms with van der Waals surface area (Å²) in [4.78, 5) is 14.0. The maximum Gasteiger partial charge on any atom is 0.261 e. The second-order valence-electron chi connectivity index (χ2n) is 5.02. The highest BCUT2D eigenvalue weighted by Crippen LogP contribution is 2.27. The predicted octanol–water partition coefficient (Wildman–Crippen LogP) is 3.61. The molecule has 0 radical (unpaired) electrons. The molecule has 1 amide bonds. The van der Waals surface area contributed by atoms with Crippen molar-refractivity contribution in [3.8, 4) is 0 Å². The Morgan fingerprint density at radius 3 is 2.50 bits per heavy atom. The van der Waals surface area contributed by atoms with E-state index in [0.29, 0.717) is 11.4 Å². The summed E-state index contributed by atoms with van der Waals surface area (Å²) in [7, 11) is -3.57. The van der Waals surface area contributed by atoms with Gasteiger partial charge in [0.15, 0.2) is 0 Å². The van der Waals surface area contributed by atoms with E-state index in [1.165, 1.54) is 10.9 Å². The fraction of sp³-hybridized carbons (Fsp3) is 0.118. The number of benzene rings is 1. The zero-order valence-corrected chi connectivity index (χ0v) is 15.1. The van der Waals surface area contributed by atoms with Crippen molar-refractivity contribution in [2.45, 2.75) is 15.5 Å². The van der Waals surface area contributed by atoms with Crippen LogP contribution in [-0.4, -0.2) is 20.9 Å². The molecule has 24 heavy (non-hydrogen) atoms. The Morgan fingerprint density at radius 1 is 1.00 bits per heavy atom. The van der Waals surface area contributed by atoms with E-state index < -0.39 is 9.84 Å². The summed E-state index contributed by atoms with van der Waals surface area (Å²) in [5.41, 5.74) is 0. The molecule has 0 spiro atoms. The van der Waals surface area contributed by atoms with Crippen molar-refractivity contribution in [3.63, 3.8) is 0 Å². The standard InChI is InChI=1S/C17H15NO3S3/c19-17(18-11-10-13-5-4-12-22-13)15-8-9-16(23-15)24(20,21)14-6-2-1-3-7-14/h1-9,12H,10-11H2,(H,18,19). The molecule has 2 heterocycles. The molecule has 0 unspecified atom stereocenters. The van der Waals surface area contributed by atoms with E-state index in [1.54, 1.807) is 47.7 Å². The monoisotopic (exact) mass is 377 g/mol. The molecule has 3 aromatic rings. The summed E-state index contributed by atoms with van der Waals surface area (Å²) in [6, 6.07) is 15.3. The highest BCUT2D eigenvalue weighted by Gasteiger charge is 2.21. The largest absolute Gasteiger partial charge is 0.351 e. The van der Waals surface area contributed by atoms with Crippen LogP contribution in [0.25, 0.3) is 0 Å². The fourth-order valence-corrected chi connectivity index (χ4v) is 5.50. The van der Waals surface area contributed by atoms with Crippen LogP contribution in [-0.2, 0) is 16.3 Å². The van der Waals surface area contributed by atoms with Crippen LogP contribution in [0.1, 0.15) is 14.5 Å². The lowest BCUT2D eigenvalue weighted by Gasteiger charge is -2.02. The number of amides is 1. The van der Waals surface area contributed by atoms with Crippen LogP contribution in [0.5, 0.6) is 0 Å². The third-order valence-electron chi connectivity index (χ3n) is 3.36. The zero-order valence-electron chi connectivity index (χ0n) is 12.6. The topological polar surface area (TPSA) is 63.2 Å². The summed E-state index contributed by atoms with van der Waals surface area (Å²) in [5, 5.41) is 4.82. The van der Waals surface area contributed by atoms with Crippen LogP contribution >= 0.6 is 22.7 Å². The Labute approximate surface area is 148 Å². The van der Waals surface area contributed by atoms with Gasteiger partial charge in [0.1, 0.15) is 4.21 Å². The Kier molecular flexibility index (Phi) is 5.13. The molecule has 124 valence electrons. The maximum atomic E-state index is 12.5. The predicted molar refractivity (Wildman–Crippen MR) is 96.6 cm³/mol. The quantitative estimate of drug-likeness (QED) is 0.714. The Bertz CT molecular complexity index is 913. The van der Waals surface area contributed by atoms with Crippen LogP contribution in [0.3, 0.4) is 0 Å². The molecule has 0 saturated carbocycles. The number of thiophene rings is 2. The second kappa shape index (κ2) is 7.29. The molecule has 0 bridgehead atoms. The van der Waals surface area contributed by atoms with Crippen molar-refractivity contribution in [2.24, 2.45) is 0 Å². The van der Waals surface area contributed by atoms with Gasteiger partial charge in [0.05, 0.1) is 9.77 Å². The van der Waals surface area contributed by atoms with Gasteiger partial charge in [0.2, 0.25) is 9.84 Å². The van der Waals surface area contributed by atoms with E-state index in [0.717, 1.165) is 17.8 Å². The van der Waals surface area contributed by atoms with Gasteiger partial charge in [-0.05, 0) is 42.1 Å². The van der Waals surface area contributed by atoms with E-state index in [2.05, 4.69) is 5.32 Å². The number of rotatable bonds is 6. The smallest absolute Gasteiger partial charge is 0.261 e. The van der Waals surface area contributed by atoms with Gasteiger partial charge in [-0.2, -0.15) is 0 Å². The van der Waals surface area contributed by atoms with Crippen molar-refractivity contribution in [2.75, 3.05) is 6.54 Å². The van der Waals surface area contributed by atoms with Crippen molar-refractivity contribution < 1.29 is 13.2 Å². The average molecular weight is 378 g/mol.